The molecule has 2 N–H and O–H groups in total. The average molecular weight is 394 g/mol. The van der Waals surface area contributed by atoms with E-state index in [-0.39, 0.29) is 12.3 Å². The molecule has 140 valence electrons. The van der Waals surface area contributed by atoms with E-state index >= 15 is 0 Å². The molecule has 0 spiro atoms. The highest BCUT2D eigenvalue weighted by molar-refractivity contribution is 8.15. The van der Waals surface area contributed by atoms with Crippen LogP contribution in [0.15, 0.2) is 39.4 Å². The maximum absolute atomic E-state index is 11.6. The summed E-state index contributed by atoms with van der Waals surface area (Å²) in [7, 11) is 0. The standard InChI is InChI=1S/C18H23N3O3S2/c1-2-3-4-5-9-25-14-8-6-7-13(10-14)12-19-21-18-20-17(24)15(26-18)11-16(22)23/h6-8,10,12,15H,2-5,9,11H2,1H3,(H,22,23)(H,20,21,24). The van der Waals surface area contributed by atoms with Gasteiger partial charge in [-0.2, -0.15) is 5.10 Å². The molecule has 1 heterocycles. The van der Waals surface area contributed by atoms with Gasteiger partial charge >= 0.3 is 5.97 Å². The third-order valence-corrected chi connectivity index (χ3v) is 5.77. The Morgan fingerprint density at radius 1 is 1.38 bits per heavy atom. The highest BCUT2D eigenvalue weighted by Gasteiger charge is 2.32. The quantitative estimate of drug-likeness (QED) is 0.273. The smallest absolute Gasteiger partial charge is 0.305 e. The summed E-state index contributed by atoms with van der Waals surface area (Å²) in [6, 6.07) is 8.06. The number of unbranched alkanes of at least 4 members (excludes halogenated alkanes) is 3. The number of nitrogens with one attached hydrogen (secondary N) is 1. The van der Waals surface area contributed by atoms with E-state index < -0.39 is 11.2 Å². The summed E-state index contributed by atoms with van der Waals surface area (Å²) >= 11 is 2.93. The van der Waals surface area contributed by atoms with Gasteiger partial charge in [0.1, 0.15) is 5.25 Å². The van der Waals surface area contributed by atoms with E-state index in [2.05, 4.69) is 34.6 Å². The summed E-state index contributed by atoms with van der Waals surface area (Å²) in [6.07, 6.45) is 6.43. The van der Waals surface area contributed by atoms with Crippen molar-refractivity contribution in [3.63, 3.8) is 0 Å². The Balaban J connectivity index is 1.85. The largest absolute Gasteiger partial charge is 0.481 e. The maximum Gasteiger partial charge on any atom is 0.305 e. The summed E-state index contributed by atoms with van der Waals surface area (Å²) in [4.78, 5) is 23.5. The molecule has 8 heteroatoms. The zero-order valence-corrected chi connectivity index (χ0v) is 16.3. The van der Waals surface area contributed by atoms with Crippen LogP contribution in [0.2, 0.25) is 0 Å². The topological polar surface area (TPSA) is 91.1 Å². The second-order valence-electron chi connectivity index (χ2n) is 5.82. The van der Waals surface area contributed by atoms with Crippen LogP contribution < -0.4 is 5.32 Å². The molecule has 0 bridgehead atoms. The monoisotopic (exact) mass is 393 g/mol. The number of hydrogen-bond donors (Lipinski definition) is 2. The third-order valence-electron chi connectivity index (χ3n) is 3.62. The first-order chi connectivity index (χ1) is 12.6. The number of rotatable bonds is 10. The van der Waals surface area contributed by atoms with E-state index in [0.29, 0.717) is 5.17 Å². The number of nitrogens with zero attached hydrogens (tertiary/aromatic N) is 2. The van der Waals surface area contributed by atoms with Gasteiger partial charge in [0.2, 0.25) is 5.91 Å². The van der Waals surface area contributed by atoms with E-state index in [1.807, 2.05) is 23.9 Å². The number of hydrogen-bond acceptors (Lipinski definition) is 6. The lowest BCUT2D eigenvalue weighted by atomic mass is 10.2. The minimum absolute atomic E-state index is 0.225. The lowest BCUT2D eigenvalue weighted by Gasteiger charge is -2.02. The molecule has 2 rings (SSSR count). The van der Waals surface area contributed by atoms with Crippen LogP contribution in [0, 0.1) is 0 Å². The molecule has 1 aliphatic heterocycles. The molecular formula is C18H23N3O3S2. The van der Waals surface area contributed by atoms with Gasteiger partial charge in [-0.25, -0.2) is 0 Å². The molecule has 0 aromatic heterocycles. The van der Waals surface area contributed by atoms with E-state index in [1.165, 1.54) is 30.6 Å². The van der Waals surface area contributed by atoms with Gasteiger partial charge in [0, 0.05) is 4.90 Å². The van der Waals surface area contributed by atoms with Gasteiger partial charge in [0.25, 0.3) is 0 Å². The van der Waals surface area contributed by atoms with Crippen molar-refractivity contribution in [1.82, 2.24) is 5.32 Å². The number of amides is 1. The minimum atomic E-state index is -1.01. The highest BCUT2D eigenvalue weighted by Crippen LogP contribution is 2.23. The first-order valence-electron chi connectivity index (χ1n) is 8.61. The fourth-order valence-electron chi connectivity index (χ4n) is 2.30. The zero-order chi connectivity index (χ0) is 18.8. The zero-order valence-electron chi connectivity index (χ0n) is 14.7. The van der Waals surface area contributed by atoms with Gasteiger partial charge < -0.3 is 10.4 Å². The molecule has 0 aliphatic carbocycles. The number of aliphatic carboxylic acids is 1. The predicted octanol–water partition coefficient (Wildman–Crippen LogP) is 3.76. The normalized spacial score (nSPS) is 18.6. The van der Waals surface area contributed by atoms with Crippen molar-refractivity contribution >= 4 is 46.8 Å². The maximum atomic E-state index is 11.6. The highest BCUT2D eigenvalue weighted by atomic mass is 32.2. The minimum Gasteiger partial charge on any atom is -0.481 e. The Hall–Kier alpha value is -1.80. The van der Waals surface area contributed by atoms with Gasteiger partial charge in [-0.15, -0.1) is 16.9 Å². The number of amidine groups is 1. The van der Waals surface area contributed by atoms with Crippen molar-refractivity contribution in [3.05, 3.63) is 29.8 Å². The Labute approximate surface area is 161 Å². The van der Waals surface area contributed by atoms with Gasteiger partial charge in [0.05, 0.1) is 12.6 Å². The molecule has 1 saturated heterocycles. The van der Waals surface area contributed by atoms with Crippen molar-refractivity contribution in [3.8, 4) is 0 Å². The number of carbonyl (C=O) groups excluding carboxylic acids is 1. The Morgan fingerprint density at radius 3 is 3.00 bits per heavy atom. The van der Waals surface area contributed by atoms with Crippen LogP contribution in [0.4, 0.5) is 0 Å². The van der Waals surface area contributed by atoms with Crippen molar-refractivity contribution in [2.24, 2.45) is 10.2 Å². The van der Waals surface area contributed by atoms with E-state index in [9.17, 15) is 9.59 Å². The molecular weight excluding hydrogens is 370 g/mol. The fraction of sp³-hybridized carbons (Fsp3) is 0.444. The van der Waals surface area contributed by atoms with Crippen molar-refractivity contribution < 1.29 is 14.7 Å². The molecule has 1 atom stereocenters. The lowest BCUT2D eigenvalue weighted by Crippen LogP contribution is -2.26. The van der Waals surface area contributed by atoms with Gasteiger partial charge in [-0.1, -0.05) is 50.1 Å². The summed E-state index contributed by atoms with van der Waals surface area (Å²) in [5.41, 5.74) is 0.935. The number of carbonyl (C=O) groups is 2. The van der Waals surface area contributed by atoms with Gasteiger partial charge in [-0.05, 0) is 29.9 Å². The Bertz CT molecular complexity index is 692. The van der Waals surface area contributed by atoms with Crippen LogP contribution in [-0.4, -0.2) is 39.4 Å². The molecule has 1 aromatic carbocycles. The Morgan fingerprint density at radius 2 is 2.23 bits per heavy atom. The second-order valence-corrected chi connectivity index (χ2v) is 8.18. The molecule has 26 heavy (non-hydrogen) atoms. The summed E-state index contributed by atoms with van der Waals surface area (Å²) in [6.45, 7) is 2.21. The SMILES string of the molecule is CCCCCCSc1cccc(C=NN=C2NC(=O)C(CC(=O)O)S2)c1. The fourth-order valence-corrected chi connectivity index (χ4v) is 4.19. The Kier molecular flexibility index (Phi) is 8.70. The molecule has 1 aliphatic rings. The molecule has 1 aromatic rings. The van der Waals surface area contributed by atoms with Crippen molar-refractivity contribution in [1.29, 1.82) is 0 Å². The molecule has 1 unspecified atom stereocenters. The van der Waals surface area contributed by atoms with Crippen LogP contribution in [0.3, 0.4) is 0 Å². The summed E-state index contributed by atoms with van der Waals surface area (Å²) in [5, 5.41) is 19.0. The van der Waals surface area contributed by atoms with Crippen LogP contribution in [0.5, 0.6) is 0 Å². The van der Waals surface area contributed by atoms with Crippen LogP contribution in [0.25, 0.3) is 0 Å². The number of carboxylic acids is 1. The first-order valence-corrected chi connectivity index (χ1v) is 10.5. The number of benzene rings is 1. The summed E-state index contributed by atoms with van der Waals surface area (Å²) in [5.74, 6) is -0.240. The average Bonchev–Trinajstić information content (AvgIpc) is 2.94. The number of thioether (sulfide) groups is 2. The first kappa shape index (κ1) is 20.5. The predicted molar refractivity (Wildman–Crippen MR) is 108 cm³/mol. The molecule has 6 nitrogen and oxygen atoms in total. The molecule has 1 fully saturated rings. The third kappa shape index (κ3) is 7.21. The van der Waals surface area contributed by atoms with Crippen LogP contribution >= 0.6 is 23.5 Å². The van der Waals surface area contributed by atoms with E-state index in [1.54, 1.807) is 6.21 Å². The number of carboxylic acid groups (broad SMARTS) is 1. The van der Waals surface area contributed by atoms with Crippen LogP contribution in [0.1, 0.15) is 44.6 Å². The molecule has 1 amide bonds. The second kappa shape index (κ2) is 11.0. The van der Waals surface area contributed by atoms with Crippen LogP contribution in [-0.2, 0) is 9.59 Å². The molecule has 0 saturated carbocycles. The van der Waals surface area contributed by atoms with Crippen molar-refractivity contribution in [2.45, 2.75) is 49.2 Å². The van der Waals surface area contributed by atoms with Crippen molar-refractivity contribution in [2.75, 3.05) is 5.75 Å². The molecule has 0 radical (unpaired) electrons. The summed E-state index contributed by atoms with van der Waals surface area (Å²) < 4.78 is 0. The van der Waals surface area contributed by atoms with Gasteiger partial charge in [0.15, 0.2) is 5.17 Å². The van der Waals surface area contributed by atoms with E-state index in [4.69, 9.17) is 5.11 Å². The van der Waals surface area contributed by atoms with Gasteiger partial charge in [-0.3, -0.25) is 9.59 Å². The lowest BCUT2D eigenvalue weighted by molar-refractivity contribution is -0.138. The van der Waals surface area contributed by atoms with E-state index in [0.717, 1.165) is 23.1 Å².